The van der Waals surface area contributed by atoms with Crippen molar-refractivity contribution in [2.24, 2.45) is 0 Å². The second-order valence-corrected chi connectivity index (χ2v) is 18.6. The molecule has 0 spiro atoms. The summed E-state index contributed by atoms with van der Waals surface area (Å²) in [6, 6.07) is 96.4. The van der Waals surface area contributed by atoms with Gasteiger partial charge < -0.3 is 4.90 Å². The van der Waals surface area contributed by atoms with Crippen molar-refractivity contribution in [2.75, 3.05) is 4.90 Å². The van der Waals surface area contributed by atoms with Gasteiger partial charge >= 0.3 is 0 Å². The van der Waals surface area contributed by atoms with Gasteiger partial charge in [0.1, 0.15) is 0 Å². The van der Waals surface area contributed by atoms with Crippen molar-refractivity contribution in [3.63, 3.8) is 0 Å². The molecule has 1 aliphatic carbocycles. The lowest BCUT2D eigenvalue weighted by molar-refractivity contribution is 0.768. The molecule has 314 valence electrons. The Morgan fingerprint density at radius 3 is 1.67 bits per heavy atom. The molecule has 0 saturated carbocycles. The van der Waals surface area contributed by atoms with Gasteiger partial charge in [-0.1, -0.05) is 224 Å². The second kappa shape index (κ2) is 16.0. The number of rotatable bonds is 8. The van der Waals surface area contributed by atoms with E-state index in [0.29, 0.717) is 0 Å². The number of fused-ring (bicyclic) bond motifs is 7. The lowest BCUT2D eigenvalue weighted by Gasteiger charge is -2.34. The fourth-order valence-corrected chi connectivity index (χ4v) is 12.3. The lowest BCUT2D eigenvalue weighted by Crippen LogP contribution is -2.28. The Morgan fingerprint density at radius 1 is 0.328 bits per heavy atom. The first-order valence-corrected chi connectivity index (χ1v) is 23.9. The van der Waals surface area contributed by atoms with Crippen molar-refractivity contribution < 1.29 is 0 Å². The molecule has 13 rings (SSSR count). The summed E-state index contributed by atoms with van der Waals surface area (Å²) in [7, 11) is 0. The third kappa shape index (κ3) is 6.22. The third-order valence-electron chi connectivity index (χ3n) is 14.0. The van der Waals surface area contributed by atoms with E-state index in [2.05, 4.69) is 266 Å². The Labute approximate surface area is 395 Å². The Kier molecular flexibility index (Phi) is 9.33. The highest BCUT2D eigenvalue weighted by Gasteiger charge is 2.47. The zero-order chi connectivity index (χ0) is 44.3. The van der Waals surface area contributed by atoms with Crippen molar-refractivity contribution in [2.45, 2.75) is 5.41 Å². The summed E-state index contributed by atoms with van der Waals surface area (Å²) >= 11 is 1.88. The van der Waals surface area contributed by atoms with Gasteiger partial charge in [-0.25, -0.2) is 0 Å². The minimum absolute atomic E-state index is 0.533. The van der Waals surface area contributed by atoms with Crippen molar-refractivity contribution in [3.05, 3.63) is 283 Å². The van der Waals surface area contributed by atoms with Crippen LogP contribution in [0.2, 0.25) is 0 Å². The largest absolute Gasteiger partial charge is 0.309 e. The molecule has 1 nitrogen and oxygen atoms in total. The van der Waals surface area contributed by atoms with E-state index in [1.165, 1.54) is 86.6 Å². The molecule has 67 heavy (non-hydrogen) atoms. The van der Waals surface area contributed by atoms with Crippen LogP contribution < -0.4 is 4.90 Å². The lowest BCUT2D eigenvalue weighted by atomic mass is 9.68. The van der Waals surface area contributed by atoms with E-state index in [1.54, 1.807) is 0 Å². The van der Waals surface area contributed by atoms with Crippen LogP contribution in [0.5, 0.6) is 0 Å². The normalized spacial score (nSPS) is 12.6. The Balaban J connectivity index is 1.05. The van der Waals surface area contributed by atoms with Crippen molar-refractivity contribution in [1.82, 2.24) is 0 Å². The monoisotopic (exact) mass is 869 g/mol. The number of benzene rings is 11. The van der Waals surface area contributed by atoms with Crippen LogP contribution in [0.25, 0.3) is 75.5 Å². The Hall–Kier alpha value is -8.30. The molecule has 11 aromatic carbocycles. The van der Waals surface area contributed by atoms with Crippen LogP contribution in [-0.4, -0.2) is 0 Å². The summed E-state index contributed by atoms with van der Waals surface area (Å²) < 4.78 is 2.63. The summed E-state index contributed by atoms with van der Waals surface area (Å²) in [5, 5.41) is 5.11. The number of hydrogen-bond donors (Lipinski definition) is 0. The maximum Gasteiger partial charge on any atom is 0.0714 e. The highest BCUT2D eigenvalue weighted by Crippen LogP contribution is 2.60. The molecule has 1 aromatic heterocycles. The fourth-order valence-electron chi connectivity index (χ4n) is 11.1. The Bertz CT molecular complexity index is 3760. The van der Waals surface area contributed by atoms with Gasteiger partial charge in [-0.15, -0.1) is 11.3 Å². The molecule has 0 unspecified atom stereocenters. The van der Waals surface area contributed by atoms with Gasteiger partial charge in [0.05, 0.1) is 16.8 Å². The first kappa shape index (κ1) is 39.1. The average molecular weight is 870 g/mol. The van der Waals surface area contributed by atoms with Gasteiger partial charge in [0.25, 0.3) is 0 Å². The molecule has 0 aliphatic heterocycles. The quantitative estimate of drug-likeness (QED) is 0.147. The summed E-state index contributed by atoms with van der Waals surface area (Å²) in [4.78, 5) is 2.52. The van der Waals surface area contributed by atoms with Gasteiger partial charge in [-0.05, 0) is 103 Å². The highest BCUT2D eigenvalue weighted by atomic mass is 32.1. The average Bonchev–Trinajstić information content (AvgIpc) is 3.94. The standard InChI is InChI=1S/C65H43NS/c1-3-23-48(24-4-1)65(49-25-5-2-6-26-49)58-34-12-9-30-57(58)63-59(65)35-18-37-61(63)66(50-41-39-45(40-42-50)54-32-17-33-56-55-29-11-14-38-62(55)67-64(54)56)60-36-13-10-28-53(60)47-22-15-21-46(43-47)52-31-16-20-44-19-7-8-27-51(44)52/h1-43H. The van der Waals surface area contributed by atoms with E-state index in [9.17, 15) is 0 Å². The van der Waals surface area contributed by atoms with Crippen molar-refractivity contribution in [3.8, 4) is 44.5 Å². The summed E-state index contributed by atoms with van der Waals surface area (Å²) in [6.07, 6.45) is 0. The van der Waals surface area contributed by atoms with Crippen LogP contribution in [-0.2, 0) is 5.41 Å². The molecule has 0 N–H and O–H groups in total. The minimum atomic E-state index is -0.533. The predicted molar refractivity (Wildman–Crippen MR) is 285 cm³/mol. The molecule has 1 heterocycles. The number of para-hydroxylation sites is 1. The van der Waals surface area contributed by atoms with Gasteiger partial charge in [0.15, 0.2) is 0 Å². The van der Waals surface area contributed by atoms with Crippen molar-refractivity contribution in [1.29, 1.82) is 0 Å². The molecular weight excluding hydrogens is 827 g/mol. The molecule has 1 aliphatic rings. The SMILES string of the molecule is c1ccc(C2(c3ccccc3)c3ccccc3-c3c(N(c4ccc(-c5cccc6c5sc5ccccc56)cc4)c4ccccc4-c4cccc(-c5cccc6ccccc56)c4)cccc32)cc1. The number of nitrogens with zero attached hydrogens (tertiary/aromatic N) is 1. The molecule has 0 atom stereocenters. The molecule has 12 aromatic rings. The summed E-state index contributed by atoms with van der Waals surface area (Å²) in [5.74, 6) is 0. The van der Waals surface area contributed by atoms with Crippen molar-refractivity contribution >= 4 is 59.3 Å². The zero-order valence-electron chi connectivity index (χ0n) is 36.7. The first-order valence-electron chi connectivity index (χ1n) is 23.1. The van der Waals surface area contributed by atoms with Gasteiger partial charge in [0.2, 0.25) is 0 Å². The van der Waals surface area contributed by atoms with Crippen LogP contribution in [0, 0.1) is 0 Å². The Morgan fingerprint density at radius 2 is 0.866 bits per heavy atom. The maximum atomic E-state index is 2.52. The number of anilines is 3. The molecule has 0 radical (unpaired) electrons. The zero-order valence-corrected chi connectivity index (χ0v) is 37.5. The molecular formula is C65H43NS. The fraction of sp³-hybridized carbons (Fsp3) is 0.0154. The van der Waals surface area contributed by atoms with Crippen LogP contribution in [0.1, 0.15) is 22.3 Å². The topological polar surface area (TPSA) is 3.24 Å². The van der Waals surface area contributed by atoms with Crippen LogP contribution in [0.3, 0.4) is 0 Å². The molecule has 0 saturated heterocycles. The van der Waals surface area contributed by atoms with E-state index in [1.807, 2.05) is 11.3 Å². The second-order valence-electron chi connectivity index (χ2n) is 17.5. The van der Waals surface area contributed by atoms with Crippen LogP contribution in [0.4, 0.5) is 17.1 Å². The van der Waals surface area contributed by atoms with Gasteiger partial charge in [-0.2, -0.15) is 0 Å². The van der Waals surface area contributed by atoms with E-state index >= 15 is 0 Å². The maximum absolute atomic E-state index is 2.52. The predicted octanol–water partition coefficient (Wildman–Crippen LogP) is 18.0. The molecule has 2 heteroatoms. The first-order chi connectivity index (χ1) is 33.3. The number of hydrogen-bond acceptors (Lipinski definition) is 2. The van der Waals surface area contributed by atoms with E-state index in [0.717, 1.165) is 28.2 Å². The third-order valence-corrected chi connectivity index (χ3v) is 15.2. The minimum Gasteiger partial charge on any atom is -0.309 e. The molecule has 0 fully saturated rings. The highest BCUT2D eigenvalue weighted by molar-refractivity contribution is 7.26. The van der Waals surface area contributed by atoms with E-state index < -0.39 is 5.41 Å². The van der Waals surface area contributed by atoms with Crippen LogP contribution in [0.15, 0.2) is 261 Å². The van der Waals surface area contributed by atoms with Crippen LogP contribution >= 0.6 is 11.3 Å². The molecule has 0 bridgehead atoms. The van der Waals surface area contributed by atoms with Gasteiger partial charge in [-0.3, -0.25) is 0 Å². The van der Waals surface area contributed by atoms with E-state index in [4.69, 9.17) is 0 Å². The summed E-state index contributed by atoms with van der Waals surface area (Å²) in [5.41, 5.74) is 17.6. The number of thiophene rings is 1. The summed E-state index contributed by atoms with van der Waals surface area (Å²) in [6.45, 7) is 0. The molecule has 0 amide bonds. The van der Waals surface area contributed by atoms with Gasteiger partial charge in [0, 0.05) is 37.0 Å². The van der Waals surface area contributed by atoms with E-state index in [-0.39, 0.29) is 0 Å². The smallest absolute Gasteiger partial charge is 0.0714 e.